The van der Waals surface area contributed by atoms with Crippen molar-refractivity contribution in [1.82, 2.24) is 0 Å². The van der Waals surface area contributed by atoms with Crippen LogP contribution in [-0.4, -0.2) is 12.1 Å². The van der Waals surface area contributed by atoms with E-state index in [0.29, 0.717) is 5.56 Å². The molecule has 1 rings (SSSR count). The second-order valence-electron chi connectivity index (χ2n) is 5.86. The molecule has 0 aromatic heterocycles. The highest BCUT2D eigenvalue weighted by atomic mass is 79.9. The zero-order valence-electron chi connectivity index (χ0n) is 13.9. The van der Waals surface area contributed by atoms with Crippen molar-refractivity contribution in [3.8, 4) is 0 Å². The van der Waals surface area contributed by atoms with E-state index in [0.717, 1.165) is 23.7 Å². The second kappa shape index (κ2) is 11.7. The molecule has 0 spiro atoms. The third-order valence-electron chi connectivity index (χ3n) is 3.92. The lowest BCUT2D eigenvalue weighted by atomic mass is 10.1. The maximum atomic E-state index is 12.1. The predicted octanol–water partition coefficient (Wildman–Crippen LogP) is 6.53. The monoisotopic (exact) mass is 368 g/mol. The summed E-state index contributed by atoms with van der Waals surface area (Å²) < 4.78 is 6.53. The third-order valence-corrected chi connectivity index (χ3v) is 4.41. The lowest BCUT2D eigenvalue weighted by Crippen LogP contribution is -2.17. The van der Waals surface area contributed by atoms with Crippen LogP contribution in [0.25, 0.3) is 0 Å². The molecule has 0 heterocycles. The first-order chi connectivity index (χ1) is 10.7. The minimum Gasteiger partial charge on any atom is -0.459 e. The van der Waals surface area contributed by atoms with Crippen molar-refractivity contribution in [1.29, 1.82) is 0 Å². The van der Waals surface area contributed by atoms with E-state index in [1.807, 2.05) is 18.2 Å². The summed E-state index contributed by atoms with van der Waals surface area (Å²) in [6.45, 7) is 4.32. The van der Waals surface area contributed by atoms with E-state index in [9.17, 15) is 4.79 Å². The van der Waals surface area contributed by atoms with Crippen molar-refractivity contribution in [2.75, 3.05) is 0 Å². The van der Waals surface area contributed by atoms with E-state index >= 15 is 0 Å². The Hall–Kier alpha value is -0.830. The number of carbonyl (C=O) groups is 1. The second-order valence-corrected chi connectivity index (χ2v) is 6.77. The minimum atomic E-state index is -0.212. The van der Waals surface area contributed by atoms with Crippen LogP contribution in [0.3, 0.4) is 0 Å². The van der Waals surface area contributed by atoms with Gasteiger partial charge >= 0.3 is 5.97 Å². The van der Waals surface area contributed by atoms with Gasteiger partial charge in [-0.25, -0.2) is 4.79 Å². The first-order valence-electron chi connectivity index (χ1n) is 8.64. The third kappa shape index (κ3) is 7.98. The zero-order valence-corrected chi connectivity index (χ0v) is 15.5. The maximum Gasteiger partial charge on any atom is 0.338 e. The maximum absolute atomic E-state index is 12.1. The number of benzene rings is 1. The molecule has 0 fully saturated rings. The molecule has 0 N–H and O–H groups in total. The Bertz CT molecular complexity index is 431. The van der Waals surface area contributed by atoms with Gasteiger partial charge in [-0.3, -0.25) is 0 Å². The molecular formula is C19H29BrO2. The van der Waals surface area contributed by atoms with Gasteiger partial charge in [0.2, 0.25) is 0 Å². The smallest absolute Gasteiger partial charge is 0.338 e. The van der Waals surface area contributed by atoms with Gasteiger partial charge < -0.3 is 4.74 Å². The van der Waals surface area contributed by atoms with Crippen LogP contribution < -0.4 is 0 Å². The number of hydrogen-bond acceptors (Lipinski definition) is 2. The van der Waals surface area contributed by atoms with Gasteiger partial charge in [-0.15, -0.1) is 0 Å². The van der Waals surface area contributed by atoms with Crippen LogP contribution in [0, 0.1) is 0 Å². The van der Waals surface area contributed by atoms with Gasteiger partial charge in [-0.1, -0.05) is 74.4 Å². The fourth-order valence-electron chi connectivity index (χ4n) is 2.51. The lowest BCUT2D eigenvalue weighted by molar-refractivity contribution is 0.0267. The molecule has 0 saturated heterocycles. The average molecular weight is 369 g/mol. The summed E-state index contributed by atoms with van der Waals surface area (Å²) in [6.07, 6.45) is 10.9. The van der Waals surface area contributed by atoms with Crippen LogP contribution in [0.4, 0.5) is 0 Å². The van der Waals surface area contributed by atoms with Crippen molar-refractivity contribution in [2.45, 2.75) is 77.7 Å². The standard InChI is InChI=1S/C19H29BrO2/c1-3-5-6-7-8-9-10-14-18(4-2)22-19(21)16-12-11-13-17(20)15-16/h11-13,15,18H,3-10,14H2,1-2H3. The summed E-state index contributed by atoms with van der Waals surface area (Å²) in [4.78, 5) is 12.1. The zero-order chi connectivity index (χ0) is 16.2. The largest absolute Gasteiger partial charge is 0.459 e. The summed E-state index contributed by atoms with van der Waals surface area (Å²) in [7, 11) is 0. The van der Waals surface area contributed by atoms with Crippen LogP contribution in [0.5, 0.6) is 0 Å². The molecule has 0 aliphatic heterocycles. The Balaban J connectivity index is 2.25. The quantitative estimate of drug-likeness (QED) is 0.328. The number of carbonyl (C=O) groups excluding carboxylic acids is 1. The van der Waals surface area contributed by atoms with E-state index in [1.54, 1.807) is 6.07 Å². The number of hydrogen-bond donors (Lipinski definition) is 0. The van der Waals surface area contributed by atoms with Gasteiger partial charge in [0.25, 0.3) is 0 Å². The molecule has 2 nitrogen and oxygen atoms in total. The van der Waals surface area contributed by atoms with Crippen LogP contribution in [0.2, 0.25) is 0 Å². The van der Waals surface area contributed by atoms with Crippen LogP contribution in [-0.2, 0) is 4.74 Å². The van der Waals surface area contributed by atoms with Gasteiger partial charge in [-0.2, -0.15) is 0 Å². The molecule has 22 heavy (non-hydrogen) atoms. The molecule has 1 aromatic carbocycles. The van der Waals surface area contributed by atoms with Gasteiger partial charge in [0, 0.05) is 4.47 Å². The first-order valence-corrected chi connectivity index (χ1v) is 9.43. The Kier molecular flexibility index (Phi) is 10.2. The predicted molar refractivity (Wildman–Crippen MR) is 96.2 cm³/mol. The molecule has 1 atom stereocenters. The van der Waals surface area contributed by atoms with Crippen molar-refractivity contribution in [2.24, 2.45) is 0 Å². The summed E-state index contributed by atoms with van der Waals surface area (Å²) in [6, 6.07) is 7.38. The molecule has 0 aliphatic rings. The summed E-state index contributed by atoms with van der Waals surface area (Å²) in [5.74, 6) is -0.212. The van der Waals surface area contributed by atoms with Crippen LogP contribution in [0.15, 0.2) is 28.7 Å². The average Bonchev–Trinajstić information content (AvgIpc) is 2.52. The van der Waals surface area contributed by atoms with Gasteiger partial charge in [-0.05, 0) is 37.5 Å². The minimum absolute atomic E-state index is 0.0436. The van der Waals surface area contributed by atoms with E-state index in [2.05, 4.69) is 29.8 Å². The van der Waals surface area contributed by atoms with E-state index < -0.39 is 0 Å². The molecule has 1 unspecified atom stereocenters. The van der Waals surface area contributed by atoms with Gasteiger partial charge in [0.05, 0.1) is 5.56 Å². The number of rotatable bonds is 11. The molecule has 0 amide bonds. The van der Waals surface area contributed by atoms with E-state index in [-0.39, 0.29) is 12.1 Å². The SMILES string of the molecule is CCCCCCCCCC(CC)OC(=O)c1cccc(Br)c1. The fraction of sp³-hybridized carbons (Fsp3) is 0.632. The normalized spacial score (nSPS) is 12.1. The first kappa shape index (κ1) is 19.2. The van der Waals surface area contributed by atoms with E-state index in [4.69, 9.17) is 4.74 Å². The lowest BCUT2D eigenvalue weighted by Gasteiger charge is -2.16. The number of halogens is 1. The number of unbranched alkanes of at least 4 members (excludes halogenated alkanes) is 6. The molecular weight excluding hydrogens is 340 g/mol. The molecule has 0 aliphatic carbocycles. The van der Waals surface area contributed by atoms with Crippen LogP contribution >= 0.6 is 15.9 Å². The molecule has 124 valence electrons. The Morgan fingerprint density at radius 1 is 1.09 bits per heavy atom. The van der Waals surface area contributed by atoms with Gasteiger partial charge in [0.1, 0.15) is 6.10 Å². The number of ether oxygens (including phenoxy) is 1. The topological polar surface area (TPSA) is 26.3 Å². The van der Waals surface area contributed by atoms with Crippen molar-refractivity contribution in [3.05, 3.63) is 34.3 Å². The van der Waals surface area contributed by atoms with E-state index in [1.165, 1.54) is 38.5 Å². The highest BCUT2D eigenvalue weighted by molar-refractivity contribution is 9.10. The Morgan fingerprint density at radius 2 is 1.77 bits per heavy atom. The highest BCUT2D eigenvalue weighted by Gasteiger charge is 2.14. The molecule has 0 saturated carbocycles. The molecule has 3 heteroatoms. The van der Waals surface area contributed by atoms with Crippen molar-refractivity contribution >= 4 is 21.9 Å². The Morgan fingerprint density at radius 3 is 2.41 bits per heavy atom. The van der Waals surface area contributed by atoms with Gasteiger partial charge in [0.15, 0.2) is 0 Å². The Labute approximate surface area is 143 Å². The summed E-state index contributed by atoms with van der Waals surface area (Å²) in [5.41, 5.74) is 0.618. The highest BCUT2D eigenvalue weighted by Crippen LogP contribution is 2.17. The van der Waals surface area contributed by atoms with Crippen molar-refractivity contribution in [3.63, 3.8) is 0 Å². The molecule has 0 bridgehead atoms. The summed E-state index contributed by atoms with van der Waals surface area (Å²) in [5, 5.41) is 0. The molecule has 1 aromatic rings. The van der Waals surface area contributed by atoms with Crippen molar-refractivity contribution < 1.29 is 9.53 Å². The van der Waals surface area contributed by atoms with Crippen LogP contribution in [0.1, 0.15) is 82.0 Å². The number of esters is 1. The molecule has 0 radical (unpaired) electrons. The summed E-state index contributed by atoms with van der Waals surface area (Å²) >= 11 is 3.38. The fourth-order valence-corrected chi connectivity index (χ4v) is 2.91.